The second-order valence-corrected chi connectivity index (χ2v) is 7.98. The van der Waals surface area contributed by atoms with E-state index < -0.39 is 15.9 Å². The van der Waals surface area contributed by atoms with Crippen LogP contribution in [0.1, 0.15) is 33.2 Å². The van der Waals surface area contributed by atoms with Crippen LogP contribution in [-0.2, 0) is 10.0 Å². The average molecular weight is 360 g/mol. The summed E-state index contributed by atoms with van der Waals surface area (Å²) in [7, 11) is -0.751. The zero-order valence-corrected chi connectivity index (χ0v) is 15.3. The monoisotopic (exact) mass is 360 g/mol. The van der Waals surface area contributed by atoms with E-state index in [-0.39, 0.29) is 16.2 Å². The highest BCUT2D eigenvalue weighted by molar-refractivity contribution is 7.89. The average Bonchev–Trinajstić information content (AvgIpc) is 2.55. The molecular weight excluding hydrogens is 340 g/mol. The lowest BCUT2D eigenvalue weighted by atomic mass is 10.1. The topological polar surface area (TPSA) is 83.5 Å². The van der Waals surface area contributed by atoms with E-state index in [9.17, 15) is 18.0 Å². The van der Waals surface area contributed by atoms with E-state index in [1.165, 1.54) is 27.1 Å². The summed E-state index contributed by atoms with van der Waals surface area (Å²) in [6.45, 7) is 3.14. The van der Waals surface area contributed by atoms with Crippen LogP contribution in [0.3, 0.4) is 0 Å². The summed E-state index contributed by atoms with van der Waals surface area (Å²) in [5.74, 6) is -0.485. The number of nitrogens with zero attached hydrogens (tertiary/aromatic N) is 1. The van der Waals surface area contributed by atoms with Gasteiger partial charge < -0.3 is 5.32 Å². The van der Waals surface area contributed by atoms with Crippen LogP contribution in [0.25, 0.3) is 0 Å². The van der Waals surface area contributed by atoms with Gasteiger partial charge in [-0.3, -0.25) is 9.59 Å². The number of Topliss-reactive ketones (excluding diaryl/α,β-unsaturated/α-hetero) is 1. The second-order valence-electron chi connectivity index (χ2n) is 5.86. The van der Waals surface area contributed by atoms with E-state index in [0.29, 0.717) is 16.8 Å². The Morgan fingerprint density at radius 3 is 2.04 bits per heavy atom. The molecule has 0 bridgehead atoms. The van der Waals surface area contributed by atoms with Crippen LogP contribution in [0.2, 0.25) is 0 Å². The van der Waals surface area contributed by atoms with Gasteiger partial charge in [0.05, 0.1) is 4.90 Å². The van der Waals surface area contributed by atoms with E-state index in [1.54, 1.807) is 43.3 Å². The maximum Gasteiger partial charge on any atom is 0.255 e. The lowest BCUT2D eigenvalue weighted by Crippen LogP contribution is -2.23. The van der Waals surface area contributed by atoms with Gasteiger partial charge in [-0.15, -0.1) is 0 Å². The van der Waals surface area contributed by atoms with E-state index in [1.807, 2.05) is 0 Å². The quantitative estimate of drug-likeness (QED) is 0.831. The standard InChI is InChI=1S/C18H20N2O4S/c1-12-5-6-15(11-17(12)25(23,24)20(3)4)18(22)19-16-9-7-14(8-10-16)13(2)21/h5-11H,1-4H3,(H,19,22). The fourth-order valence-electron chi connectivity index (χ4n) is 2.21. The number of sulfonamides is 1. The first kappa shape index (κ1) is 18.8. The molecule has 132 valence electrons. The summed E-state index contributed by atoms with van der Waals surface area (Å²) in [4.78, 5) is 23.8. The molecule has 0 fully saturated rings. The Kier molecular flexibility index (Phi) is 5.39. The molecule has 0 radical (unpaired) electrons. The number of aryl methyl sites for hydroxylation is 1. The van der Waals surface area contributed by atoms with E-state index >= 15 is 0 Å². The lowest BCUT2D eigenvalue weighted by Gasteiger charge is -2.14. The summed E-state index contributed by atoms with van der Waals surface area (Å²) < 4.78 is 25.8. The number of hydrogen-bond acceptors (Lipinski definition) is 4. The van der Waals surface area contributed by atoms with Crippen molar-refractivity contribution in [3.8, 4) is 0 Å². The highest BCUT2D eigenvalue weighted by Gasteiger charge is 2.21. The zero-order chi connectivity index (χ0) is 18.8. The minimum absolute atomic E-state index is 0.0602. The van der Waals surface area contributed by atoms with E-state index in [2.05, 4.69) is 5.32 Å². The van der Waals surface area contributed by atoms with Crippen LogP contribution < -0.4 is 5.32 Å². The number of benzene rings is 2. The number of nitrogens with one attached hydrogen (secondary N) is 1. The van der Waals surface area contributed by atoms with Gasteiger partial charge in [0.25, 0.3) is 5.91 Å². The normalized spacial score (nSPS) is 11.4. The van der Waals surface area contributed by atoms with Crippen molar-refractivity contribution in [1.29, 1.82) is 0 Å². The molecule has 0 saturated carbocycles. The van der Waals surface area contributed by atoms with Crippen molar-refractivity contribution in [2.45, 2.75) is 18.7 Å². The van der Waals surface area contributed by atoms with Gasteiger partial charge in [0.2, 0.25) is 10.0 Å². The van der Waals surface area contributed by atoms with Crippen LogP contribution in [0.15, 0.2) is 47.4 Å². The summed E-state index contributed by atoms with van der Waals surface area (Å²) >= 11 is 0. The number of ketones is 1. The van der Waals surface area contributed by atoms with Crippen molar-refractivity contribution in [2.24, 2.45) is 0 Å². The molecule has 0 aliphatic rings. The molecule has 0 atom stereocenters. The molecule has 2 rings (SSSR count). The molecule has 1 amide bonds. The second kappa shape index (κ2) is 7.16. The Hall–Kier alpha value is -2.51. The summed E-state index contributed by atoms with van der Waals surface area (Å²) in [5.41, 5.74) is 1.87. The predicted molar refractivity (Wildman–Crippen MR) is 96.5 cm³/mol. The third-order valence-electron chi connectivity index (χ3n) is 3.76. The first-order chi connectivity index (χ1) is 11.6. The van der Waals surface area contributed by atoms with Crippen LogP contribution >= 0.6 is 0 Å². The summed E-state index contributed by atoms with van der Waals surface area (Å²) in [6.07, 6.45) is 0. The number of hydrogen-bond donors (Lipinski definition) is 1. The Morgan fingerprint density at radius 1 is 0.960 bits per heavy atom. The lowest BCUT2D eigenvalue weighted by molar-refractivity contribution is 0.101. The fraction of sp³-hybridized carbons (Fsp3) is 0.222. The predicted octanol–water partition coefficient (Wildman–Crippen LogP) is 2.70. The first-order valence-corrected chi connectivity index (χ1v) is 9.02. The first-order valence-electron chi connectivity index (χ1n) is 7.58. The zero-order valence-electron chi connectivity index (χ0n) is 14.5. The Labute approximate surface area is 147 Å². The molecule has 0 aliphatic heterocycles. The van der Waals surface area contributed by atoms with Gasteiger partial charge >= 0.3 is 0 Å². The molecule has 0 unspecified atom stereocenters. The Balaban J connectivity index is 2.30. The minimum Gasteiger partial charge on any atom is -0.322 e. The van der Waals surface area contributed by atoms with E-state index in [4.69, 9.17) is 0 Å². The SMILES string of the molecule is CC(=O)c1ccc(NC(=O)c2ccc(C)c(S(=O)(=O)N(C)C)c2)cc1. The molecule has 7 heteroatoms. The molecule has 0 heterocycles. The Bertz CT molecular complexity index is 917. The molecule has 25 heavy (non-hydrogen) atoms. The van der Waals surface area contributed by atoms with Crippen molar-refractivity contribution in [3.63, 3.8) is 0 Å². The number of rotatable bonds is 5. The maximum absolute atomic E-state index is 12.4. The van der Waals surface area contributed by atoms with Gasteiger partial charge in [-0.2, -0.15) is 0 Å². The number of anilines is 1. The maximum atomic E-state index is 12.4. The summed E-state index contributed by atoms with van der Waals surface area (Å²) in [5, 5.41) is 2.69. The molecular formula is C18H20N2O4S. The van der Waals surface area contributed by atoms with Gasteiger partial charge in [-0.05, 0) is 55.8 Å². The van der Waals surface area contributed by atoms with Gasteiger partial charge in [0.1, 0.15) is 0 Å². The smallest absolute Gasteiger partial charge is 0.255 e. The molecule has 1 N–H and O–H groups in total. The van der Waals surface area contributed by atoms with Crippen LogP contribution in [0, 0.1) is 6.92 Å². The minimum atomic E-state index is -3.64. The fourth-order valence-corrected chi connectivity index (χ4v) is 3.35. The molecule has 0 spiro atoms. The molecule has 0 aromatic heterocycles. The summed E-state index contributed by atoms with van der Waals surface area (Å²) in [6, 6.07) is 11.0. The van der Waals surface area contributed by atoms with Crippen molar-refractivity contribution < 1.29 is 18.0 Å². The largest absolute Gasteiger partial charge is 0.322 e. The number of carbonyl (C=O) groups excluding carboxylic acids is 2. The highest BCUT2D eigenvalue weighted by Crippen LogP contribution is 2.21. The third kappa shape index (κ3) is 4.12. The van der Waals surface area contributed by atoms with Crippen molar-refractivity contribution >= 4 is 27.4 Å². The van der Waals surface area contributed by atoms with Crippen molar-refractivity contribution in [3.05, 3.63) is 59.2 Å². The number of carbonyl (C=O) groups is 2. The van der Waals surface area contributed by atoms with Gasteiger partial charge in [0, 0.05) is 30.9 Å². The van der Waals surface area contributed by atoms with Crippen LogP contribution in [0.5, 0.6) is 0 Å². The van der Waals surface area contributed by atoms with Gasteiger partial charge in [-0.25, -0.2) is 12.7 Å². The molecule has 2 aromatic carbocycles. The van der Waals surface area contributed by atoms with Crippen LogP contribution in [0.4, 0.5) is 5.69 Å². The van der Waals surface area contributed by atoms with Crippen molar-refractivity contribution in [1.82, 2.24) is 4.31 Å². The molecule has 0 aliphatic carbocycles. The Morgan fingerprint density at radius 2 is 1.52 bits per heavy atom. The highest BCUT2D eigenvalue weighted by atomic mass is 32.2. The van der Waals surface area contributed by atoms with Gasteiger partial charge in [-0.1, -0.05) is 6.07 Å². The molecule has 6 nitrogen and oxygen atoms in total. The van der Waals surface area contributed by atoms with Gasteiger partial charge in [0.15, 0.2) is 5.78 Å². The van der Waals surface area contributed by atoms with Crippen LogP contribution in [-0.4, -0.2) is 38.5 Å². The molecule has 2 aromatic rings. The van der Waals surface area contributed by atoms with E-state index in [0.717, 1.165) is 4.31 Å². The third-order valence-corrected chi connectivity index (χ3v) is 5.72. The number of amides is 1. The molecule has 0 saturated heterocycles. The van der Waals surface area contributed by atoms with Crippen molar-refractivity contribution in [2.75, 3.05) is 19.4 Å².